The Hall–Kier alpha value is -4.99. The number of fused-ring (bicyclic) bond motifs is 1. The predicted octanol–water partition coefficient (Wildman–Crippen LogP) is 5.02. The molecule has 0 saturated heterocycles. The molecule has 5 aromatic rings. The molecule has 0 spiro atoms. The quantitative estimate of drug-likeness (QED) is 0.287. The lowest BCUT2D eigenvalue weighted by molar-refractivity contribution is -0.122. The fourth-order valence-corrected chi connectivity index (χ4v) is 4.72. The summed E-state index contributed by atoms with van der Waals surface area (Å²) in [6.07, 6.45) is 5.02. The van der Waals surface area contributed by atoms with Gasteiger partial charge < -0.3 is 15.6 Å². The van der Waals surface area contributed by atoms with Crippen LogP contribution in [0.1, 0.15) is 33.4 Å². The molecule has 0 aliphatic heterocycles. The van der Waals surface area contributed by atoms with Crippen molar-refractivity contribution in [3.63, 3.8) is 0 Å². The van der Waals surface area contributed by atoms with Gasteiger partial charge in [-0.3, -0.25) is 19.6 Å². The fraction of sp³-hybridized carbons (Fsp3) is 0.133. The number of carbonyl (C=O) groups excluding carboxylic acids is 2. The molecule has 2 amide bonds. The Balaban J connectivity index is 1.53. The van der Waals surface area contributed by atoms with E-state index in [1.807, 2.05) is 19.1 Å². The van der Waals surface area contributed by atoms with Crippen molar-refractivity contribution in [1.82, 2.24) is 19.9 Å². The Morgan fingerprint density at radius 1 is 1.00 bits per heavy atom. The zero-order valence-corrected chi connectivity index (χ0v) is 21.4. The summed E-state index contributed by atoms with van der Waals surface area (Å²) in [6.45, 7) is 1.82. The largest absolute Gasteiger partial charge is 0.366 e. The van der Waals surface area contributed by atoms with Crippen molar-refractivity contribution in [2.75, 3.05) is 0 Å². The molecule has 0 saturated carbocycles. The molecule has 40 heavy (non-hydrogen) atoms. The van der Waals surface area contributed by atoms with E-state index in [0.717, 1.165) is 28.7 Å². The van der Waals surface area contributed by atoms with Crippen LogP contribution >= 0.6 is 0 Å². The lowest BCUT2D eigenvalue weighted by Crippen LogP contribution is -2.33. The first kappa shape index (κ1) is 26.6. The molecular formula is C30H24F3N5O2. The highest BCUT2D eigenvalue weighted by Crippen LogP contribution is 2.30. The van der Waals surface area contributed by atoms with Gasteiger partial charge in [0.05, 0.1) is 22.8 Å². The van der Waals surface area contributed by atoms with Crippen molar-refractivity contribution in [3.05, 3.63) is 119 Å². The molecule has 3 heterocycles. The van der Waals surface area contributed by atoms with Crippen LogP contribution in [0.2, 0.25) is 0 Å². The molecule has 0 unspecified atom stereocenters. The number of rotatable bonds is 8. The number of hydrogen-bond acceptors (Lipinski definition) is 4. The highest BCUT2D eigenvalue weighted by atomic mass is 19.1. The maximum atomic E-state index is 14.2. The Bertz CT molecular complexity index is 1730. The smallest absolute Gasteiger partial charge is 0.251 e. The lowest BCUT2D eigenvalue weighted by Gasteiger charge is -2.22. The number of benzene rings is 2. The first-order valence-corrected chi connectivity index (χ1v) is 12.4. The highest BCUT2D eigenvalue weighted by molar-refractivity contribution is 5.94. The summed E-state index contributed by atoms with van der Waals surface area (Å²) in [4.78, 5) is 33.9. The van der Waals surface area contributed by atoms with Crippen molar-refractivity contribution in [2.24, 2.45) is 5.73 Å². The van der Waals surface area contributed by atoms with Gasteiger partial charge in [0.15, 0.2) is 0 Å². The van der Waals surface area contributed by atoms with Crippen molar-refractivity contribution in [1.29, 1.82) is 0 Å². The minimum absolute atomic E-state index is 0.00373. The molecule has 3 aromatic heterocycles. The molecule has 202 valence electrons. The fourth-order valence-electron chi connectivity index (χ4n) is 4.72. The van der Waals surface area contributed by atoms with E-state index in [-0.39, 0.29) is 24.4 Å². The average molecular weight is 544 g/mol. The monoisotopic (exact) mass is 543 g/mol. The van der Waals surface area contributed by atoms with Crippen LogP contribution in [-0.4, -0.2) is 26.3 Å². The summed E-state index contributed by atoms with van der Waals surface area (Å²) in [7, 11) is 0. The molecule has 0 radical (unpaired) electrons. The first-order chi connectivity index (χ1) is 19.2. The summed E-state index contributed by atoms with van der Waals surface area (Å²) in [5.41, 5.74) is 8.24. The molecule has 0 bridgehead atoms. The molecule has 1 atom stereocenters. The van der Waals surface area contributed by atoms with Crippen LogP contribution < -0.4 is 11.1 Å². The highest BCUT2D eigenvalue weighted by Gasteiger charge is 2.23. The molecule has 2 aromatic carbocycles. The number of nitrogens with one attached hydrogen (secondary N) is 1. The Morgan fingerprint density at radius 3 is 2.52 bits per heavy atom. The minimum atomic E-state index is -0.936. The molecule has 0 aliphatic rings. The van der Waals surface area contributed by atoms with Gasteiger partial charge in [-0.1, -0.05) is 12.1 Å². The van der Waals surface area contributed by atoms with Gasteiger partial charge in [0.25, 0.3) is 5.91 Å². The third kappa shape index (κ3) is 5.70. The van der Waals surface area contributed by atoms with Gasteiger partial charge >= 0.3 is 0 Å². The van der Waals surface area contributed by atoms with Crippen LogP contribution in [-0.2, 0) is 17.8 Å². The molecule has 5 rings (SSSR count). The topological polar surface area (TPSA) is 103 Å². The van der Waals surface area contributed by atoms with E-state index in [1.165, 1.54) is 30.5 Å². The summed E-state index contributed by atoms with van der Waals surface area (Å²) < 4.78 is 44.1. The second kappa shape index (κ2) is 11.0. The summed E-state index contributed by atoms with van der Waals surface area (Å²) in [5, 5.41) is 3.82. The van der Waals surface area contributed by atoms with E-state index >= 15 is 0 Å². The number of nitrogens with two attached hydrogens (primary N) is 1. The number of aromatic nitrogens is 3. The van der Waals surface area contributed by atoms with E-state index in [2.05, 4.69) is 15.3 Å². The molecule has 10 heteroatoms. The standard InChI is InChI=1S/C30H24F3N5O2/c1-17-9-27-20(15-36-17)6-8-38(27)16-28(39)37-26(12-18-10-21(31)14-22(32)11-18)29-23(3-2-7-35-29)19-4-5-25(33)24(13-19)30(34)40/h2-11,13-15,26H,12,16H2,1H3,(H2,34,40)(H,37,39)/t26-/m0/s1. The molecular weight excluding hydrogens is 519 g/mol. The van der Waals surface area contributed by atoms with Gasteiger partial charge in [-0.2, -0.15) is 0 Å². The SMILES string of the molecule is Cc1cc2c(ccn2CC(=O)N[C@@H](Cc2cc(F)cc(F)c2)c2ncccc2-c2ccc(F)c(C(N)=O)c2)cn1. The average Bonchev–Trinajstić information content (AvgIpc) is 3.29. The van der Waals surface area contributed by atoms with Crippen LogP contribution in [0.25, 0.3) is 22.0 Å². The van der Waals surface area contributed by atoms with Gasteiger partial charge in [0.2, 0.25) is 5.91 Å². The second-order valence-electron chi connectivity index (χ2n) is 9.43. The van der Waals surface area contributed by atoms with Crippen molar-refractivity contribution in [2.45, 2.75) is 25.9 Å². The number of halogens is 3. The third-order valence-corrected chi connectivity index (χ3v) is 6.51. The van der Waals surface area contributed by atoms with Gasteiger partial charge in [0.1, 0.15) is 24.0 Å². The lowest BCUT2D eigenvalue weighted by atomic mass is 9.94. The summed E-state index contributed by atoms with van der Waals surface area (Å²) in [5.74, 6) is -3.59. The summed E-state index contributed by atoms with van der Waals surface area (Å²) >= 11 is 0. The first-order valence-electron chi connectivity index (χ1n) is 12.4. The number of pyridine rings is 2. The van der Waals surface area contributed by atoms with E-state index in [4.69, 9.17) is 5.73 Å². The number of aryl methyl sites for hydroxylation is 1. The van der Waals surface area contributed by atoms with Crippen molar-refractivity contribution < 1.29 is 22.8 Å². The maximum absolute atomic E-state index is 14.2. The van der Waals surface area contributed by atoms with E-state index < -0.39 is 29.4 Å². The number of carbonyl (C=O) groups is 2. The van der Waals surface area contributed by atoms with E-state index in [1.54, 1.807) is 29.1 Å². The van der Waals surface area contributed by atoms with Crippen LogP contribution in [0.15, 0.2) is 79.3 Å². The second-order valence-corrected chi connectivity index (χ2v) is 9.43. The zero-order valence-electron chi connectivity index (χ0n) is 21.4. The molecule has 0 fully saturated rings. The van der Waals surface area contributed by atoms with Crippen LogP contribution in [0, 0.1) is 24.4 Å². The minimum Gasteiger partial charge on any atom is -0.366 e. The Kier molecular flexibility index (Phi) is 7.33. The zero-order chi connectivity index (χ0) is 28.4. The van der Waals surface area contributed by atoms with Gasteiger partial charge in [-0.05, 0) is 66.9 Å². The van der Waals surface area contributed by atoms with E-state index in [0.29, 0.717) is 22.4 Å². The van der Waals surface area contributed by atoms with Crippen LogP contribution in [0.5, 0.6) is 0 Å². The maximum Gasteiger partial charge on any atom is 0.251 e. The summed E-state index contributed by atoms with van der Waals surface area (Å²) in [6, 6.07) is 13.3. The van der Waals surface area contributed by atoms with Gasteiger partial charge in [-0.25, -0.2) is 13.2 Å². The Morgan fingerprint density at radius 2 is 1.77 bits per heavy atom. The third-order valence-electron chi connectivity index (χ3n) is 6.51. The number of hydrogen-bond donors (Lipinski definition) is 2. The number of amides is 2. The molecule has 0 aliphatic carbocycles. The van der Waals surface area contributed by atoms with Gasteiger partial charge in [0, 0.05) is 41.3 Å². The van der Waals surface area contributed by atoms with Crippen molar-refractivity contribution in [3.8, 4) is 11.1 Å². The number of primary amides is 1. The van der Waals surface area contributed by atoms with Crippen LogP contribution in [0.3, 0.4) is 0 Å². The Labute approximate surface area is 227 Å². The van der Waals surface area contributed by atoms with Crippen molar-refractivity contribution >= 4 is 22.7 Å². The normalized spacial score (nSPS) is 11.9. The number of nitrogens with zero attached hydrogens (tertiary/aromatic N) is 3. The molecule has 7 nitrogen and oxygen atoms in total. The van der Waals surface area contributed by atoms with E-state index in [9.17, 15) is 22.8 Å². The predicted molar refractivity (Wildman–Crippen MR) is 144 cm³/mol. The van der Waals surface area contributed by atoms with Crippen LogP contribution in [0.4, 0.5) is 13.2 Å². The molecule has 3 N–H and O–H groups in total. The van der Waals surface area contributed by atoms with Gasteiger partial charge in [-0.15, -0.1) is 0 Å².